The van der Waals surface area contributed by atoms with Crippen molar-refractivity contribution in [3.63, 3.8) is 0 Å². The zero-order valence-electron chi connectivity index (χ0n) is 20.0. The molecule has 0 spiro atoms. The third kappa shape index (κ3) is 4.67. The molecule has 0 saturated carbocycles. The first kappa shape index (κ1) is 23.9. The van der Waals surface area contributed by atoms with Crippen LogP contribution in [-0.4, -0.2) is 50.0 Å². The Kier molecular flexibility index (Phi) is 7.24. The Morgan fingerprint density at radius 1 is 1.12 bits per heavy atom. The largest absolute Gasteiger partial charge is 0.493 e. The number of benzene rings is 3. The van der Waals surface area contributed by atoms with Gasteiger partial charge in [-0.1, -0.05) is 18.2 Å². The van der Waals surface area contributed by atoms with Crippen molar-refractivity contribution in [1.82, 2.24) is 4.90 Å². The molecule has 0 fully saturated rings. The van der Waals surface area contributed by atoms with Crippen molar-refractivity contribution >= 4 is 22.4 Å². The van der Waals surface area contributed by atoms with E-state index in [-0.39, 0.29) is 25.0 Å². The van der Waals surface area contributed by atoms with Gasteiger partial charge < -0.3 is 25.1 Å². The summed E-state index contributed by atoms with van der Waals surface area (Å²) in [6.45, 7) is 3.66. The lowest BCUT2D eigenvalue weighted by Crippen LogP contribution is -2.37. The second-order valence-electron chi connectivity index (χ2n) is 8.50. The van der Waals surface area contributed by atoms with Crippen LogP contribution in [0.25, 0.3) is 10.8 Å². The van der Waals surface area contributed by atoms with Gasteiger partial charge in [0.1, 0.15) is 0 Å². The van der Waals surface area contributed by atoms with Crippen LogP contribution in [0.15, 0.2) is 42.5 Å². The number of nitrogens with zero attached hydrogens (tertiary/aromatic N) is 1. The minimum Gasteiger partial charge on any atom is -0.493 e. The van der Waals surface area contributed by atoms with Crippen LogP contribution in [0.3, 0.4) is 0 Å². The summed E-state index contributed by atoms with van der Waals surface area (Å²) in [4.78, 5) is 14.4. The zero-order valence-corrected chi connectivity index (χ0v) is 20.0. The van der Waals surface area contributed by atoms with E-state index in [0.29, 0.717) is 30.3 Å². The molecule has 1 atom stereocenters. The number of methoxy groups -OCH3 is 2. The second-order valence-corrected chi connectivity index (χ2v) is 8.50. The normalized spacial score (nSPS) is 15.7. The summed E-state index contributed by atoms with van der Waals surface area (Å²) in [5, 5.41) is 12.2. The smallest absolute Gasteiger partial charge is 0.310 e. The topological polar surface area (TPSA) is 94.3 Å². The van der Waals surface area contributed by atoms with Gasteiger partial charge >= 0.3 is 5.97 Å². The van der Waals surface area contributed by atoms with Crippen molar-refractivity contribution < 1.29 is 24.1 Å². The number of ether oxygens (including phenoxy) is 3. The van der Waals surface area contributed by atoms with E-state index in [1.807, 2.05) is 30.3 Å². The summed E-state index contributed by atoms with van der Waals surface area (Å²) in [5.41, 5.74) is 10.9. The highest BCUT2D eigenvalue weighted by molar-refractivity contribution is 5.93. The van der Waals surface area contributed by atoms with Gasteiger partial charge in [0, 0.05) is 18.8 Å². The Morgan fingerprint density at radius 2 is 1.88 bits per heavy atom. The van der Waals surface area contributed by atoms with Gasteiger partial charge in [0.15, 0.2) is 11.5 Å². The summed E-state index contributed by atoms with van der Waals surface area (Å²) in [5.74, 6) is 1.09. The molecule has 0 aliphatic carbocycles. The average Bonchev–Trinajstić information content (AvgIpc) is 2.85. The Hall–Kier alpha value is -3.29. The van der Waals surface area contributed by atoms with E-state index in [1.54, 1.807) is 21.1 Å². The Labute approximate surface area is 200 Å². The molecule has 180 valence electrons. The van der Waals surface area contributed by atoms with Gasteiger partial charge in [0.2, 0.25) is 0 Å². The van der Waals surface area contributed by atoms with Crippen LogP contribution in [0.5, 0.6) is 11.5 Å². The van der Waals surface area contributed by atoms with Crippen molar-refractivity contribution in [3.8, 4) is 11.5 Å². The van der Waals surface area contributed by atoms with Gasteiger partial charge in [0.25, 0.3) is 0 Å². The molecule has 1 aliphatic rings. The van der Waals surface area contributed by atoms with Crippen LogP contribution >= 0.6 is 0 Å². The van der Waals surface area contributed by atoms with E-state index in [9.17, 15) is 9.90 Å². The van der Waals surface area contributed by atoms with Crippen molar-refractivity contribution in [3.05, 3.63) is 64.7 Å². The lowest BCUT2D eigenvalue weighted by Gasteiger charge is -2.37. The fraction of sp³-hybridized carbons (Fsp3) is 0.370. The number of nitrogens with two attached hydrogens (primary N) is 1. The van der Waals surface area contributed by atoms with E-state index in [2.05, 4.69) is 17.0 Å². The van der Waals surface area contributed by atoms with Crippen LogP contribution in [0.2, 0.25) is 0 Å². The highest BCUT2D eigenvalue weighted by Gasteiger charge is 2.28. The van der Waals surface area contributed by atoms with Gasteiger partial charge in [0.05, 0.1) is 39.9 Å². The van der Waals surface area contributed by atoms with E-state index in [4.69, 9.17) is 19.9 Å². The molecule has 7 nitrogen and oxygen atoms in total. The van der Waals surface area contributed by atoms with Crippen LogP contribution in [-0.2, 0) is 28.9 Å². The number of carbonyl (C=O) groups is 1. The molecule has 34 heavy (non-hydrogen) atoms. The summed E-state index contributed by atoms with van der Waals surface area (Å²) in [7, 11) is 3.26. The number of esters is 1. The number of carbonyl (C=O) groups excluding carboxylic acids is 1. The standard InChI is InChI=1S/C27H32N2O5/c1-4-34-27(31)14-22-20-7-5-17(11-18(20)6-8-23(22)28)15-29-10-9-19-12-25(32-2)26(33-3)13-21(19)24(29)16-30/h5-8,11-13,24,30H,4,9-10,14-16,28H2,1-3H3. The third-order valence-electron chi connectivity index (χ3n) is 6.53. The number of hydrogen-bond donors (Lipinski definition) is 2. The fourth-order valence-corrected chi connectivity index (χ4v) is 4.83. The molecule has 3 N–H and O–H groups in total. The molecular formula is C27H32N2O5. The van der Waals surface area contributed by atoms with Crippen molar-refractivity contribution in [2.75, 3.05) is 39.7 Å². The van der Waals surface area contributed by atoms with E-state index in [1.165, 1.54) is 5.56 Å². The summed E-state index contributed by atoms with van der Waals surface area (Å²) in [6, 6.07) is 13.9. The van der Waals surface area contributed by atoms with Crippen molar-refractivity contribution in [2.45, 2.75) is 32.4 Å². The molecule has 0 aromatic heterocycles. The van der Waals surface area contributed by atoms with E-state index in [0.717, 1.165) is 40.4 Å². The fourth-order valence-electron chi connectivity index (χ4n) is 4.83. The SMILES string of the molecule is CCOC(=O)Cc1c(N)ccc2cc(CN3CCc4cc(OC)c(OC)cc4C3CO)ccc12. The van der Waals surface area contributed by atoms with Gasteiger partial charge in [-0.25, -0.2) is 0 Å². The third-order valence-corrected chi connectivity index (χ3v) is 6.53. The lowest BCUT2D eigenvalue weighted by molar-refractivity contribution is -0.142. The molecule has 1 aliphatic heterocycles. The quantitative estimate of drug-likeness (QED) is 0.388. The van der Waals surface area contributed by atoms with Gasteiger partial charge in [-0.15, -0.1) is 0 Å². The van der Waals surface area contributed by atoms with Gasteiger partial charge in [-0.05, 0) is 70.6 Å². The van der Waals surface area contributed by atoms with E-state index >= 15 is 0 Å². The lowest BCUT2D eigenvalue weighted by atomic mass is 9.91. The molecule has 4 rings (SSSR count). The van der Waals surface area contributed by atoms with Crippen LogP contribution < -0.4 is 15.2 Å². The Morgan fingerprint density at radius 3 is 2.59 bits per heavy atom. The summed E-state index contributed by atoms with van der Waals surface area (Å²) >= 11 is 0. The number of aliphatic hydroxyl groups is 1. The van der Waals surface area contributed by atoms with Crippen LogP contribution in [0.1, 0.15) is 35.2 Å². The van der Waals surface area contributed by atoms with Crippen molar-refractivity contribution in [1.29, 1.82) is 0 Å². The first-order valence-corrected chi connectivity index (χ1v) is 11.5. The highest BCUT2D eigenvalue weighted by atomic mass is 16.5. The molecular weight excluding hydrogens is 432 g/mol. The predicted molar refractivity (Wildman–Crippen MR) is 132 cm³/mol. The second kappa shape index (κ2) is 10.3. The number of anilines is 1. The predicted octanol–water partition coefficient (Wildman–Crippen LogP) is 3.64. The zero-order chi connectivity index (χ0) is 24.2. The summed E-state index contributed by atoms with van der Waals surface area (Å²) < 4.78 is 16.1. The first-order chi connectivity index (χ1) is 16.5. The molecule has 3 aromatic carbocycles. The minimum absolute atomic E-state index is 0.0102. The monoisotopic (exact) mass is 464 g/mol. The maximum atomic E-state index is 12.1. The number of nitrogen functional groups attached to an aromatic ring is 1. The average molecular weight is 465 g/mol. The first-order valence-electron chi connectivity index (χ1n) is 11.5. The van der Waals surface area contributed by atoms with Gasteiger partial charge in [-0.3, -0.25) is 9.69 Å². The molecule has 0 amide bonds. The number of aliphatic hydroxyl groups excluding tert-OH is 1. The van der Waals surface area contributed by atoms with Crippen molar-refractivity contribution in [2.24, 2.45) is 0 Å². The van der Waals surface area contributed by atoms with Crippen LogP contribution in [0, 0.1) is 0 Å². The molecule has 0 saturated heterocycles. The maximum absolute atomic E-state index is 12.1. The molecule has 1 unspecified atom stereocenters. The maximum Gasteiger partial charge on any atom is 0.310 e. The number of fused-ring (bicyclic) bond motifs is 2. The molecule has 1 heterocycles. The molecule has 0 radical (unpaired) electrons. The van der Waals surface area contributed by atoms with Crippen LogP contribution in [0.4, 0.5) is 5.69 Å². The molecule has 0 bridgehead atoms. The molecule has 3 aromatic rings. The minimum atomic E-state index is -0.282. The number of hydrogen-bond acceptors (Lipinski definition) is 7. The highest BCUT2D eigenvalue weighted by Crippen LogP contribution is 2.38. The van der Waals surface area contributed by atoms with Gasteiger partial charge in [-0.2, -0.15) is 0 Å². The Bertz CT molecular complexity index is 1190. The number of rotatable bonds is 8. The van der Waals surface area contributed by atoms with E-state index < -0.39 is 0 Å². The molecule has 7 heteroatoms. The summed E-state index contributed by atoms with van der Waals surface area (Å²) in [6.07, 6.45) is 1.01. The Balaban J connectivity index is 1.61.